The first-order valence-electron chi connectivity index (χ1n) is 6.55. The van der Waals surface area contributed by atoms with Gasteiger partial charge >= 0.3 is 5.97 Å². The van der Waals surface area contributed by atoms with Crippen molar-refractivity contribution in [1.29, 1.82) is 0 Å². The minimum atomic E-state index is -0.924. The molecule has 0 radical (unpaired) electrons. The lowest BCUT2D eigenvalue weighted by Crippen LogP contribution is -2.26. The summed E-state index contributed by atoms with van der Waals surface area (Å²) in [6.07, 6.45) is 2.11. The molecule has 0 aromatic heterocycles. The van der Waals surface area contributed by atoms with Crippen molar-refractivity contribution in [2.45, 2.75) is 32.8 Å². The van der Waals surface area contributed by atoms with Crippen molar-refractivity contribution in [1.82, 2.24) is 0 Å². The van der Waals surface area contributed by atoms with E-state index in [2.05, 4.69) is 13.2 Å². The Bertz CT molecular complexity index is 492. The number of hydrogen-bond donors (Lipinski definition) is 1. The molecule has 1 aromatic carbocycles. The topological polar surface area (TPSA) is 46.5 Å². The lowest BCUT2D eigenvalue weighted by Gasteiger charge is -2.26. The molecule has 0 amide bonds. The van der Waals surface area contributed by atoms with Crippen molar-refractivity contribution in [3.63, 3.8) is 0 Å². The van der Waals surface area contributed by atoms with E-state index in [-0.39, 0.29) is 5.76 Å². The molecule has 0 spiro atoms. The summed E-state index contributed by atoms with van der Waals surface area (Å²) in [5.74, 6) is -1.38. The Labute approximate surface area is 120 Å². The first-order valence-corrected chi connectivity index (χ1v) is 6.55. The third-order valence-corrected chi connectivity index (χ3v) is 2.78. The van der Waals surface area contributed by atoms with E-state index in [9.17, 15) is 9.90 Å². The molecule has 108 valence electrons. The number of aliphatic carboxylic acids is 1. The van der Waals surface area contributed by atoms with Crippen molar-refractivity contribution >= 4 is 12.0 Å². The van der Waals surface area contributed by atoms with Crippen LogP contribution in [0.15, 0.2) is 43.2 Å². The van der Waals surface area contributed by atoms with Gasteiger partial charge in [0.05, 0.1) is 0 Å². The molecule has 3 nitrogen and oxygen atoms in total. The second-order valence-electron chi connectivity index (χ2n) is 5.72. The van der Waals surface area contributed by atoms with Crippen molar-refractivity contribution in [3.8, 4) is 0 Å². The third-order valence-electron chi connectivity index (χ3n) is 2.78. The molecule has 3 heteroatoms. The Morgan fingerprint density at radius 2 is 1.90 bits per heavy atom. The van der Waals surface area contributed by atoms with Crippen LogP contribution in [0.4, 0.5) is 0 Å². The van der Waals surface area contributed by atoms with Crippen LogP contribution in [0.25, 0.3) is 6.08 Å². The van der Waals surface area contributed by atoms with Gasteiger partial charge in [-0.25, -0.2) is 0 Å². The van der Waals surface area contributed by atoms with E-state index < -0.39 is 17.5 Å². The molecule has 1 atom stereocenters. The summed E-state index contributed by atoms with van der Waals surface area (Å²) in [4.78, 5) is 11.4. The van der Waals surface area contributed by atoms with Crippen LogP contribution in [-0.2, 0) is 16.0 Å². The van der Waals surface area contributed by atoms with Crippen molar-refractivity contribution in [2.24, 2.45) is 5.92 Å². The van der Waals surface area contributed by atoms with Crippen LogP contribution in [0.5, 0.6) is 0 Å². The predicted molar refractivity (Wildman–Crippen MR) is 81.3 cm³/mol. The van der Waals surface area contributed by atoms with Crippen LogP contribution in [0.1, 0.15) is 31.9 Å². The molecule has 0 saturated carbocycles. The molecule has 1 N–H and O–H groups in total. The van der Waals surface area contributed by atoms with Gasteiger partial charge < -0.3 is 9.84 Å². The molecule has 0 heterocycles. The molecule has 1 unspecified atom stereocenters. The molecule has 20 heavy (non-hydrogen) atoms. The van der Waals surface area contributed by atoms with Crippen LogP contribution in [-0.4, -0.2) is 16.7 Å². The standard InChI is InChI=1S/C17H22O3/c1-6-13-7-9-14(10-8-13)11-15(16(18)19)12(2)20-17(3,4)5/h6-10,15H,1-2,11H2,3-5H3,(H,18,19). The van der Waals surface area contributed by atoms with Gasteiger partial charge in [-0.15, -0.1) is 0 Å². The van der Waals surface area contributed by atoms with E-state index >= 15 is 0 Å². The van der Waals surface area contributed by atoms with Crippen LogP contribution < -0.4 is 0 Å². The molecule has 1 aromatic rings. The molecule has 0 aliphatic carbocycles. The van der Waals surface area contributed by atoms with Crippen molar-refractivity contribution in [2.75, 3.05) is 0 Å². The minimum absolute atomic E-state index is 0.290. The summed E-state index contributed by atoms with van der Waals surface area (Å²) in [6.45, 7) is 13.1. The van der Waals surface area contributed by atoms with E-state index in [1.165, 1.54) is 0 Å². The molecule has 0 bridgehead atoms. The van der Waals surface area contributed by atoms with E-state index in [0.717, 1.165) is 11.1 Å². The highest BCUT2D eigenvalue weighted by Gasteiger charge is 2.26. The zero-order valence-corrected chi connectivity index (χ0v) is 12.3. The molecule has 0 fully saturated rings. The fourth-order valence-electron chi connectivity index (χ4n) is 1.83. The summed E-state index contributed by atoms with van der Waals surface area (Å²) < 4.78 is 5.59. The van der Waals surface area contributed by atoms with Gasteiger partial charge in [-0.3, -0.25) is 4.79 Å². The summed E-state index contributed by atoms with van der Waals surface area (Å²) in [5.41, 5.74) is 1.49. The van der Waals surface area contributed by atoms with Gasteiger partial charge in [0, 0.05) is 0 Å². The molecule has 1 rings (SSSR count). The Kier molecular flexibility index (Phi) is 5.14. The Morgan fingerprint density at radius 3 is 2.30 bits per heavy atom. The van der Waals surface area contributed by atoms with Gasteiger partial charge in [0.1, 0.15) is 17.3 Å². The normalized spacial score (nSPS) is 12.6. The molecule has 0 saturated heterocycles. The minimum Gasteiger partial charge on any atom is -0.492 e. The van der Waals surface area contributed by atoms with E-state index in [1.807, 2.05) is 45.0 Å². The van der Waals surface area contributed by atoms with Crippen LogP contribution >= 0.6 is 0 Å². The Balaban J connectivity index is 2.83. The first kappa shape index (κ1) is 16.0. The Hall–Kier alpha value is -2.03. The third kappa shape index (κ3) is 4.92. The van der Waals surface area contributed by atoms with E-state index in [0.29, 0.717) is 6.42 Å². The largest absolute Gasteiger partial charge is 0.492 e. The zero-order valence-electron chi connectivity index (χ0n) is 12.3. The van der Waals surface area contributed by atoms with Gasteiger partial charge in [0.15, 0.2) is 0 Å². The van der Waals surface area contributed by atoms with E-state index in [4.69, 9.17) is 4.74 Å². The average molecular weight is 274 g/mol. The predicted octanol–water partition coefficient (Wildman–Crippen LogP) is 3.90. The molecular weight excluding hydrogens is 252 g/mol. The second-order valence-corrected chi connectivity index (χ2v) is 5.72. The fourth-order valence-corrected chi connectivity index (χ4v) is 1.83. The molecule has 0 aliphatic rings. The number of ether oxygens (including phenoxy) is 1. The first-order chi connectivity index (χ1) is 9.23. The SMILES string of the molecule is C=Cc1ccc(CC(C(=C)OC(C)(C)C)C(=O)O)cc1. The van der Waals surface area contributed by atoms with Crippen LogP contribution in [0.3, 0.4) is 0 Å². The van der Waals surface area contributed by atoms with Gasteiger partial charge in [0.2, 0.25) is 0 Å². The Morgan fingerprint density at radius 1 is 1.35 bits per heavy atom. The van der Waals surface area contributed by atoms with Gasteiger partial charge in [-0.05, 0) is 38.3 Å². The second kappa shape index (κ2) is 6.42. The molecule has 0 aliphatic heterocycles. The summed E-state index contributed by atoms with van der Waals surface area (Å²) >= 11 is 0. The fraction of sp³-hybridized carbons (Fsp3) is 0.353. The highest BCUT2D eigenvalue weighted by atomic mass is 16.5. The maximum atomic E-state index is 11.4. The lowest BCUT2D eigenvalue weighted by atomic mass is 9.97. The van der Waals surface area contributed by atoms with Crippen LogP contribution in [0, 0.1) is 5.92 Å². The maximum absolute atomic E-state index is 11.4. The summed E-state index contributed by atoms with van der Waals surface area (Å²) in [5, 5.41) is 9.35. The van der Waals surface area contributed by atoms with Gasteiger partial charge in [0.25, 0.3) is 0 Å². The number of benzene rings is 1. The zero-order chi connectivity index (χ0) is 15.3. The lowest BCUT2D eigenvalue weighted by molar-refractivity contribution is -0.142. The number of carboxylic acid groups (broad SMARTS) is 1. The number of hydrogen-bond acceptors (Lipinski definition) is 2. The van der Waals surface area contributed by atoms with E-state index in [1.54, 1.807) is 6.08 Å². The average Bonchev–Trinajstić information content (AvgIpc) is 2.34. The monoisotopic (exact) mass is 274 g/mol. The van der Waals surface area contributed by atoms with Crippen molar-refractivity contribution < 1.29 is 14.6 Å². The van der Waals surface area contributed by atoms with Crippen molar-refractivity contribution in [3.05, 3.63) is 54.3 Å². The van der Waals surface area contributed by atoms with Gasteiger partial charge in [-0.1, -0.05) is 43.5 Å². The summed E-state index contributed by atoms with van der Waals surface area (Å²) in [7, 11) is 0. The number of carboxylic acids is 1. The summed E-state index contributed by atoms with van der Waals surface area (Å²) in [6, 6.07) is 7.62. The maximum Gasteiger partial charge on any atom is 0.314 e. The highest BCUT2D eigenvalue weighted by molar-refractivity contribution is 5.73. The smallest absolute Gasteiger partial charge is 0.314 e. The van der Waals surface area contributed by atoms with Crippen LogP contribution in [0.2, 0.25) is 0 Å². The number of carbonyl (C=O) groups is 1. The molecular formula is C17H22O3. The van der Waals surface area contributed by atoms with Gasteiger partial charge in [-0.2, -0.15) is 0 Å². The quantitative estimate of drug-likeness (QED) is 0.800. The number of rotatable bonds is 6. The highest BCUT2D eigenvalue weighted by Crippen LogP contribution is 2.23.